The highest BCUT2D eigenvalue weighted by Crippen LogP contribution is 2.22. The van der Waals surface area contributed by atoms with Crippen LogP contribution in [0.25, 0.3) is 11.1 Å². The van der Waals surface area contributed by atoms with Crippen LogP contribution in [0, 0.1) is 11.8 Å². The SMILES string of the molecule is C=CC(C)CC(C)Cc1ccc(-c2ccccc2)cc1. The number of allylic oxidation sites excluding steroid dienone is 1. The van der Waals surface area contributed by atoms with E-state index in [1.165, 1.54) is 23.1 Å². The van der Waals surface area contributed by atoms with E-state index in [4.69, 9.17) is 0 Å². The van der Waals surface area contributed by atoms with Crippen molar-refractivity contribution >= 4 is 0 Å². The Morgan fingerprint density at radius 3 is 2.10 bits per heavy atom. The van der Waals surface area contributed by atoms with Crippen LogP contribution in [0.1, 0.15) is 25.8 Å². The van der Waals surface area contributed by atoms with Crippen LogP contribution in [0.5, 0.6) is 0 Å². The van der Waals surface area contributed by atoms with Gasteiger partial charge in [-0.15, -0.1) is 6.58 Å². The number of benzene rings is 2. The summed E-state index contributed by atoms with van der Waals surface area (Å²) < 4.78 is 0. The van der Waals surface area contributed by atoms with Gasteiger partial charge in [-0.25, -0.2) is 0 Å². The second-order valence-electron chi connectivity index (χ2n) is 5.82. The zero-order chi connectivity index (χ0) is 14.4. The average Bonchev–Trinajstić information content (AvgIpc) is 2.48. The van der Waals surface area contributed by atoms with E-state index in [2.05, 4.69) is 81.1 Å². The summed E-state index contributed by atoms with van der Waals surface area (Å²) in [7, 11) is 0. The summed E-state index contributed by atoms with van der Waals surface area (Å²) in [5.74, 6) is 1.30. The summed E-state index contributed by atoms with van der Waals surface area (Å²) in [5.41, 5.74) is 4.00. The molecule has 0 saturated heterocycles. The predicted molar refractivity (Wildman–Crippen MR) is 88.7 cm³/mol. The molecule has 2 unspecified atom stereocenters. The first kappa shape index (κ1) is 14.6. The van der Waals surface area contributed by atoms with Crippen LogP contribution in [0.2, 0.25) is 0 Å². The standard InChI is InChI=1S/C20H24/c1-4-16(2)14-17(3)15-18-10-12-20(13-11-18)19-8-6-5-7-9-19/h4-13,16-17H,1,14-15H2,2-3H3. The Labute approximate surface area is 123 Å². The summed E-state index contributed by atoms with van der Waals surface area (Å²) in [4.78, 5) is 0. The summed E-state index contributed by atoms with van der Waals surface area (Å²) in [5, 5.41) is 0. The topological polar surface area (TPSA) is 0 Å². The van der Waals surface area contributed by atoms with Crippen LogP contribution in [-0.2, 0) is 6.42 Å². The first-order chi connectivity index (χ1) is 9.69. The zero-order valence-electron chi connectivity index (χ0n) is 12.5. The molecule has 2 rings (SSSR count). The summed E-state index contributed by atoms with van der Waals surface area (Å²) in [6.45, 7) is 8.43. The Morgan fingerprint density at radius 2 is 1.50 bits per heavy atom. The van der Waals surface area contributed by atoms with Crippen LogP contribution in [-0.4, -0.2) is 0 Å². The highest BCUT2D eigenvalue weighted by molar-refractivity contribution is 5.63. The Hall–Kier alpha value is -1.82. The molecular weight excluding hydrogens is 240 g/mol. The van der Waals surface area contributed by atoms with Gasteiger partial charge >= 0.3 is 0 Å². The van der Waals surface area contributed by atoms with Crippen LogP contribution in [0.15, 0.2) is 67.3 Å². The van der Waals surface area contributed by atoms with Crippen molar-refractivity contribution in [2.75, 3.05) is 0 Å². The van der Waals surface area contributed by atoms with Gasteiger partial charge in [-0.05, 0) is 41.4 Å². The van der Waals surface area contributed by atoms with Gasteiger partial charge in [-0.2, -0.15) is 0 Å². The molecule has 0 N–H and O–H groups in total. The Morgan fingerprint density at radius 1 is 0.900 bits per heavy atom. The van der Waals surface area contributed by atoms with Gasteiger partial charge in [0, 0.05) is 0 Å². The van der Waals surface area contributed by atoms with E-state index >= 15 is 0 Å². The fourth-order valence-electron chi connectivity index (χ4n) is 2.68. The highest BCUT2D eigenvalue weighted by atomic mass is 14.1. The lowest BCUT2D eigenvalue weighted by atomic mass is 9.91. The summed E-state index contributed by atoms with van der Waals surface area (Å²) in [6, 6.07) is 19.5. The van der Waals surface area contributed by atoms with Gasteiger partial charge < -0.3 is 0 Å². The van der Waals surface area contributed by atoms with E-state index < -0.39 is 0 Å². The largest absolute Gasteiger partial charge is 0.103 e. The van der Waals surface area contributed by atoms with Crippen LogP contribution in [0.4, 0.5) is 0 Å². The second-order valence-corrected chi connectivity index (χ2v) is 5.82. The average molecular weight is 264 g/mol. The van der Waals surface area contributed by atoms with Gasteiger partial charge in [-0.3, -0.25) is 0 Å². The normalized spacial score (nSPS) is 13.7. The molecule has 0 aliphatic carbocycles. The lowest BCUT2D eigenvalue weighted by molar-refractivity contribution is 0.465. The van der Waals surface area contributed by atoms with Crippen molar-refractivity contribution in [3.8, 4) is 11.1 Å². The maximum atomic E-state index is 3.87. The quantitative estimate of drug-likeness (QED) is 0.583. The maximum Gasteiger partial charge on any atom is -0.0184 e. The number of hydrogen-bond acceptors (Lipinski definition) is 0. The van der Waals surface area contributed by atoms with E-state index in [-0.39, 0.29) is 0 Å². The van der Waals surface area contributed by atoms with Crippen LogP contribution < -0.4 is 0 Å². The molecule has 0 saturated carbocycles. The van der Waals surface area contributed by atoms with Crippen molar-refractivity contribution in [1.29, 1.82) is 0 Å². The minimum atomic E-state index is 0.605. The van der Waals surface area contributed by atoms with Gasteiger partial charge in [0.25, 0.3) is 0 Å². The van der Waals surface area contributed by atoms with E-state index in [1.54, 1.807) is 0 Å². The zero-order valence-corrected chi connectivity index (χ0v) is 12.5. The van der Waals surface area contributed by atoms with Crippen LogP contribution in [0.3, 0.4) is 0 Å². The minimum absolute atomic E-state index is 0.605. The molecule has 0 radical (unpaired) electrons. The number of hydrogen-bond donors (Lipinski definition) is 0. The molecule has 0 heterocycles. The molecular formula is C20H24. The summed E-state index contributed by atoms with van der Waals surface area (Å²) >= 11 is 0. The Bertz CT molecular complexity index is 522. The fourth-order valence-corrected chi connectivity index (χ4v) is 2.68. The monoisotopic (exact) mass is 264 g/mol. The van der Waals surface area contributed by atoms with Crippen molar-refractivity contribution in [3.05, 3.63) is 72.8 Å². The van der Waals surface area contributed by atoms with Crippen molar-refractivity contribution < 1.29 is 0 Å². The molecule has 20 heavy (non-hydrogen) atoms. The molecule has 0 bridgehead atoms. The van der Waals surface area contributed by atoms with Crippen LogP contribution >= 0.6 is 0 Å². The molecule has 0 spiro atoms. The Balaban J connectivity index is 2.00. The van der Waals surface area contributed by atoms with E-state index in [9.17, 15) is 0 Å². The van der Waals surface area contributed by atoms with E-state index in [0.717, 1.165) is 6.42 Å². The molecule has 104 valence electrons. The lowest BCUT2D eigenvalue weighted by Crippen LogP contribution is -2.04. The predicted octanol–water partition coefficient (Wildman–Crippen LogP) is 5.74. The molecule has 2 atom stereocenters. The molecule has 0 fully saturated rings. The third-order valence-corrected chi connectivity index (χ3v) is 3.82. The molecule has 0 aliphatic heterocycles. The van der Waals surface area contributed by atoms with Gasteiger partial charge in [0.15, 0.2) is 0 Å². The first-order valence-corrected chi connectivity index (χ1v) is 7.46. The third kappa shape index (κ3) is 4.09. The third-order valence-electron chi connectivity index (χ3n) is 3.82. The lowest BCUT2D eigenvalue weighted by Gasteiger charge is -2.14. The van der Waals surface area contributed by atoms with Gasteiger partial charge in [0.1, 0.15) is 0 Å². The van der Waals surface area contributed by atoms with Crippen molar-refractivity contribution in [3.63, 3.8) is 0 Å². The molecule has 0 aliphatic rings. The maximum absolute atomic E-state index is 3.87. The number of rotatable bonds is 6. The first-order valence-electron chi connectivity index (χ1n) is 7.46. The van der Waals surface area contributed by atoms with Crippen molar-refractivity contribution in [1.82, 2.24) is 0 Å². The van der Waals surface area contributed by atoms with Gasteiger partial charge in [0.05, 0.1) is 0 Å². The van der Waals surface area contributed by atoms with Gasteiger partial charge in [-0.1, -0.05) is 74.5 Å². The van der Waals surface area contributed by atoms with Gasteiger partial charge in [0.2, 0.25) is 0 Å². The molecule has 2 aromatic rings. The molecule has 0 amide bonds. The molecule has 0 heteroatoms. The summed E-state index contributed by atoms with van der Waals surface area (Å²) in [6.07, 6.45) is 4.41. The molecule has 2 aromatic carbocycles. The molecule has 0 nitrogen and oxygen atoms in total. The van der Waals surface area contributed by atoms with E-state index in [0.29, 0.717) is 11.8 Å². The fraction of sp³-hybridized carbons (Fsp3) is 0.300. The molecule has 0 aromatic heterocycles. The Kier molecular flexibility index (Phi) is 5.17. The van der Waals surface area contributed by atoms with E-state index in [1.807, 2.05) is 0 Å². The minimum Gasteiger partial charge on any atom is -0.103 e. The second kappa shape index (κ2) is 7.09. The van der Waals surface area contributed by atoms with Crippen molar-refractivity contribution in [2.45, 2.75) is 26.7 Å². The smallest absolute Gasteiger partial charge is 0.0184 e. The van der Waals surface area contributed by atoms with Crippen molar-refractivity contribution in [2.24, 2.45) is 11.8 Å². The highest BCUT2D eigenvalue weighted by Gasteiger charge is 2.07.